The predicted molar refractivity (Wildman–Crippen MR) is 169 cm³/mol. The van der Waals surface area contributed by atoms with Crippen molar-refractivity contribution in [2.24, 2.45) is 23.7 Å². The molecule has 3 fully saturated rings. The molecule has 1 aromatic rings. The highest BCUT2D eigenvalue weighted by Crippen LogP contribution is 2.44. The summed E-state index contributed by atoms with van der Waals surface area (Å²) in [7, 11) is 0. The molecular formula is C33H46F3N7O6. The molecule has 2 saturated carbocycles. The zero-order valence-corrected chi connectivity index (χ0v) is 28.2. The van der Waals surface area contributed by atoms with E-state index in [1.165, 1.54) is 23.5 Å². The third-order valence-corrected chi connectivity index (χ3v) is 9.44. The van der Waals surface area contributed by atoms with Crippen LogP contribution in [0.15, 0.2) is 18.6 Å². The fourth-order valence-electron chi connectivity index (χ4n) is 6.57. The van der Waals surface area contributed by atoms with E-state index in [9.17, 15) is 37.5 Å². The number of likely N-dealkylation sites (tertiary alicyclic amines) is 1. The highest BCUT2D eigenvalue weighted by Gasteiger charge is 2.55. The van der Waals surface area contributed by atoms with E-state index in [0.29, 0.717) is 12.8 Å². The van der Waals surface area contributed by atoms with Crippen LogP contribution in [0.25, 0.3) is 0 Å². The lowest BCUT2D eigenvalue weighted by Crippen LogP contribution is -2.60. The van der Waals surface area contributed by atoms with Gasteiger partial charge in [0.1, 0.15) is 30.0 Å². The Bertz CT molecular complexity index is 1380. The molecule has 7 atom stereocenters. The van der Waals surface area contributed by atoms with Crippen molar-refractivity contribution >= 4 is 35.3 Å². The van der Waals surface area contributed by atoms with Crippen molar-refractivity contribution in [2.45, 2.75) is 115 Å². The van der Waals surface area contributed by atoms with Gasteiger partial charge in [0.15, 0.2) is 0 Å². The Labute approximate surface area is 283 Å². The normalized spacial score (nSPS) is 23.5. The fourth-order valence-corrected chi connectivity index (χ4v) is 6.57. The van der Waals surface area contributed by atoms with E-state index >= 15 is 4.39 Å². The maximum absolute atomic E-state index is 15.1. The van der Waals surface area contributed by atoms with Gasteiger partial charge in [-0.05, 0) is 56.3 Å². The second kappa shape index (κ2) is 16.5. The molecular weight excluding hydrogens is 647 g/mol. The van der Waals surface area contributed by atoms with Crippen molar-refractivity contribution in [3.63, 3.8) is 0 Å². The minimum atomic E-state index is -2.64. The van der Waals surface area contributed by atoms with E-state index in [-0.39, 0.29) is 44.0 Å². The molecule has 0 aromatic carbocycles. The molecule has 1 aliphatic heterocycles. The van der Waals surface area contributed by atoms with Crippen molar-refractivity contribution in [2.75, 3.05) is 6.54 Å². The smallest absolute Gasteiger partial charge is 0.289 e. The first-order valence-electron chi connectivity index (χ1n) is 16.9. The molecule has 3 unspecified atom stereocenters. The number of rotatable bonds is 16. The number of amides is 5. The van der Waals surface area contributed by atoms with E-state index < -0.39 is 102 Å². The summed E-state index contributed by atoms with van der Waals surface area (Å²) < 4.78 is 40.9. The summed E-state index contributed by atoms with van der Waals surface area (Å²) in [5.41, 5.74) is -0.00770. The molecule has 1 aromatic heterocycles. The molecule has 3 aliphatic rings. The van der Waals surface area contributed by atoms with Gasteiger partial charge in [-0.25, -0.2) is 18.2 Å². The molecule has 0 spiro atoms. The largest absolute Gasteiger partial charge is 0.347 e. The van der Waals surface area contributed by atoms with Gasteiger partial charge in [-0.15, -0.1) is 0 Å². The van der Waals surface area contributed by atoms with Crippen LogP contribution in [0.3, 0.4) is 0 Å². The zero-order chi connectivity index (χ0) is 36.0. The number of carbonyl (C=O) groups is 6. The lowest BCUT2D eigenvalue weighted by Gasteiger charge is -2.34. The van der Waals surface area contributed by atoms with E-state index in [4.69, 9.17) is 0 Å². The third kappa shape index (κ3) is 9.53. The molecule has 1 saturated heterocycles. The summed E-state index contributed by atoms with van der Waals surface area (Å²) in [5.74, 6) is -6.84. The van der Waals surface area contributed by atoms with Gasteiger partial charge in [-0.2, -0.15) is 0 Å². The topological polar surface area (TPSA) is 180 Å². The average Bonchev–Trinajstić information content (AvgIpc) is 3.68. The maximum atomic E-state index is 15.1. The van der Waals surface area contributed by atoms with E-state index in [0.717, 1.165) is 0 Å². The van der Waals surface area contributed by atoms with Crippen LogP contribution in [0.5, 0.6) is 0 Å². The summed E-state index contributed by atoms with van der Waals surface area (Å²) >= 11 is 0. The van der Waals surface area contributed by atoms with Crippen molar-refractivity contribution < 1.29 is 41.9 Å². The second-order valence-electron chi connectivity index (χ2n) is 13.9. The van der Waals surface area contributed by atoms with Gasteiger partial charge in [0.25, 0.3) is 11.8 Å². The molecule has 270 valence electrons. The number of fused-ring (bicyclic) bond motifs is 1. The average molecular weight is 694 g/mol. The van der Waals surface area contributed by atoms with Gasteiger partial charge in [-0.3, -0.25) is 33.8 Å². The molecule has 16 heteroatoms. The first-order chi connectivity index (χ1) is 23.2. The molecule has 49 heavy (non-hydrogen) atoms. The van der Waals surface area contributed by atoms with Crippen molar-refractivity contribution in [3.8, 4) is 0 Å². The number of alkyl halides is 3. The highest BCUT2D eigenvalue weighted by atomic mass is 19.3. The van der Waals surface area contributed by atoms with Crippen LogP contribution in [-0.2, 0) is 24.0 Å². The van der Waals surface area contributed by atoms with Gasteiger partial charge in [0, 0.05) is 37.3 Å². The van der Waals surface area contributed by atoms with Gasteiger partial charge >= 0.3 is 0 Å². The van der Waals surface area contributed by atoms with Crippen molar-refractivity contribution in [3.05, 3.63) is 24.3 Å². The highest BCUT2D eigenvalue weighted by molar-refractivity contribution is 6.38. The standard InChI is InChI=1S/C33H46F3N7O6/c1-16(2)25(41-29(45)23-14-37-12-13-38-23)30(46)42-26(17(3)4)33(49)43-15-20-19(10-11-21(20)34)27(43)31(47)40-22(6-5-7-24(35)36)28(44)32(48)39-18-8-9-18/h12-14,16-22,24-27H,5-11,15H2,1-4H3,(H,39,48)(H,40,47)(H,41,45)(H,42,46)/t19-,20-,21?,22?,25?,26-,27-/m0/s1. The summed E-state index contributed by atoms with van der Waals surface area (Å²) in [6.07, 6.45) is 0.971. The second-order valence-corrected chi connectivity index (χ2v) is 13.9. The molecule has 0 radical (unpaired) electrons. The quantitative estimate of drug-likeness (QED) is 0.189. The first kappa shape index (κ1) is 37.7. The Hall–Kier alpha value is -4.11. The minimum Gasteiger partial charge on any atom is -0.347 e. The number of hydrogen-bond acceptors (Lipinski definition) is 8. The van der Waals surface area contributed by atoms with Gasteiger partial charge < -0.3 is 26.2 Å². The number of halogens is 3. The van der Waals surface area contributed by atoms with Crippen LogP contribution in [0.1, 0.15) is 83.1 Å². The Morgan fingerprint density at radius 1 is 0.878 bits per heavy atom. The molecule has 4 N–H and O–H groups in total. The monoisotopic (exact) mass is 693 g/mol. The van der Waals surface area contributed by atoms with Crippen LogP contribution in [0.2, 0.25) is 0 Å². The van der Waals surface area contributed by atoms with Gasteiger partial charge in [0.05, 0.1) is 12.2 Å². The number of nitrogens with one attached hydrogen (secondary N) is 4. The Morgan fingerprint density at radius 2 is 1.57 bits per heavy atom. The molecule has 4 rings (SSSR count). The number of carbonyl (C=O) groups excluding carboxylic acids is 6. The number of nitrogens with zero attached hydrogens (tertiary/aromatic N) is 3. The maximum Gasteiger partial charge on any atom is 0.289 e. The molecule has 5 amide bonds. The summed E-state index contributed by atoms with van der Waals surface area (Å²) in [4.78, 5) is 89.2. The first-order valence-corrected chi connectivity index (χ1v) is 16.9. The van der Waals surface area contributed by atoms with Crippen LogP contribution < -0.4 is 21.3 Å². The van der Waals surface area contributed by atoms with Crippen LogP contribution in [-0.4, -0.2) is 99.5 Å². The summed E-state index contributed by atoms with van der Waals surface area (Å²) in [5, 5.41) is 10.4. The number of Topliss-reactive ketones (excluding diaryl/α,β-unsaturated/α-hetero) is 1. The van der Waals surface area contributed by atoms with E-state index in [1.807, 2.05) is 0 Å². The van der Waals surface area contributed by atoms with Crippen molar-refractivity contribution in [1.29, 1.82) is 0 Å². The number of aromatic nitrogens is 2. The molecule has 13 nitrogen and oxygen atoms in total. The summed E-state index contributed by atoms with van der Waals surface area (Å²) in [6, 6.07) is -5.06. The predicted octanol–water partition coefficient (Wildman–Crippen LogP) is 1.71. The fraction of sp³-hybridized carbons (Fsp3) is 0.697. The van der Waals surface area contributed by atoms with Gasteiger partial charge in [-0.1, -0.05) is 27.7 Å². The molecule has 2 aliphatic carbocycles. The van der Waals surface area contributed by atoms with E-state index in [2.05, 4.69) is 31.2 Å². The minimum absolute atomic E-state index is 0.00770. The van der Waals surface area contributed by atoms with Gasteiger partial charge in [0.2, 0.25) is 29.9 Å². The molecule has 0 bridgehead atoms. The Kier molecular flexibility index (Phi) is 12.7. The Balaban J connectivity index is 1.53. The van der Waals surface area contributed by atoms with Crippen LogP contribution in [0.4, 0.5) is 13.2 Å². The Morgan fingerprint density at radius 3 is 2.16 bits per heavy atom. The van der Waals surface area contributed by atoms with E-state index in [1.54, 1.807) is 27.7 Å². The van der Waals surface area contributed by atoms with Crippen LogP contribution >= 0.6 is 0 Å². The zero-order valence-electron chi connectivity index (χ0n) is 28.2. The molecule has 2 heterocycles. The number of hydrogen-bond donors (Lipinski definition) is 4. The SMILES string of the molecule is CC(C)C(NC(=O)c1cnccn1)C(=O)N[C@H](C(=O)N1C[C@@H]2C(F)CC[C@@H]2[C@H]1C(=O)NC(CCCC(F)F)C(=O)C(=O)NC1CC1)C(C)C. The summed E-state index contributed by atoms with van der Waals surface area (Å²) in [6.45, 7) is 6.67. The number of ketones is 1. The van der Waals surface area contributed by atoms with Crippen LogP contribution in [0, 0.1) is 23.7 Å². The lowest BCUT2D eigenvalue weighted by molar-refractivity contribution is -0.145. The van der Waals surface area contributed by atoms with Crippen molar-refractivity contribution in [1.82, 2.24) is 36.1 Å². The lowest BCUT2D eigenvalue weighted by atomic mass is 9.92. The third-order valence-electron chi connectivity index (χ3n) is 9.44.